The van der Waals surface area contributed by atoms with Gasteiger partial charge in [-0.1, -0.05) is 26.0 Å². The van der Waals surface area contributed by atoms with Crippen LogP contribution in [0.25, 0.3) is 0 Å². The van der Waals surface area contributed by atoms with Crippen LogP contribution < -0.4 is 0 Å². The molecule has 0 radical (unpaired) electrons. The minimum absolute atomic E-state index is 0.0602. The summed E-state index contributed by atoms with van der Waals surface area (Å²) in [5, 5.41) is 0. The van der Waals surface area contributed by atoms with Crippen LogP contribution in [0.4, 0.5) is 0 Å². The van der Waals surface area contributed by atoms with Gasteiger partial charge in [0.25, 0.3) is 0 Å². The van der Waals surface area contributed by atoms with Crippen molar-refractivity contribution in [1.29, 1.82) is 0 Å². The number of ether oxygens (including phenoxy) is 1. The van der Waals surface area contributed by atoms with Gasteiger partial charge >= 0.3 is 0 Å². The molecule has 2 aliphatic rings. The van der Waals surface area contributed by atoms with Gasteiger partial charge in [-0.3, -0.25) is 0 Å². The molecule has 0 N–H and O–H groups in total. The Bertz CT molecular complexity index is 229. The molecule has 2 atom stereocenters. The van der Waals surface area contributed by atoms with Gasteiger partial charge in [0, 0.05) is 0 Å². The van der Waals surface area contributed by atoms with Crippen molar-refractivity contribution >= 4 is 0 Å². The lowest BCUT2D eigenvalue weighted by molar-refractivity contribution is -0.0825. The van der Waals surface area contributed by atoms with E-state index in [-0.39, 0.29) is 5.60 Å². The minimum atomic E-state index is 0.0602. The summed E-state index contributed by atoms with van der Waals surface area (Å²) >= 11 is 0. The lowest BCUT2D eigenvalue weighted by Gasteiger charge is -2.44. The van der Waals surface area contributed by atoms with E-state index in [0.717, 1.165) is 0 Å². The van der Waals surface area contributed by atoms with Gasteiger partial charge in [0.1, 0.15) is 0 Å². The van der Waals surface area contributed by atoms with E-state index in [9.17, 15) is 0 Å². The van der Waals surface area contributed by atoms with Crippen LogP contribution in [0.3, 0.4) is 0 Å². The van der Waals surface area contributed by atoms with Gasteiger partial charge < -0.3 is 4.74 Å². The maximum atomic E-state index is 6.12. The number of hydrogen-bond donors (Lipinski definition) is 0. The highest BCUT2D eigenvalue weighted by Crippen LogP contribution is 2.49. The monoisotopic (exact) mass is 180 g/mol. The molecular weight excluding hydrogens is 160 g/mol. The molecule has 13 heavy (non-hydrogen) atoms. The van der Waals surface area contributed by atoms with Crippen LogP contribution in [0.1, 0.15) is 46.5 Å². The molecule has 0 saturated carbocycles. The third-order valence-corrected chi connectivity index (χ3v) is 3.80. The molecule has 0 amide bonds. The molecule has 1 aliphatic heterocycles. The smallest absolute Gasteiger partial charge is 0.0917 e. The standard InChI is InChI=1S/C12H20O/c1-10-6-9-12(13-10)8-5-4-7-11(12,2)3/h5,8,10H,4,6-7,9H2,1-3H3/t10-,12+/m0/s1. The van der Waals surface area contributed by atoms with Crippen molar-refractivity contribution in [3.63, 3.8) is 0 Å². The maximum Gasteiger partial charge on any atom is 0.0917 e. The van der Waals surface area contributed by atoms with E-state index in [4.69, 9.17) is 4.74 Å². The first-order chi connectivity index (χ1) is 6.06. The SMILES string of the molecule is C[C@H]1CC[C@@]2(C=CCCC2(C)C)O1. The molecule has 0 aromatic rings. The Labute approximate surface area is 81.2 Å². The third kappa shape index (κ3) is 1.34. The molecule has 0 unspecified atom stereocenters. The highest BCUT2D eigenvalue weighted by molar-refractivity contribution is 5.16. The van der Waals surface area contributed by atoms with Crippen LogP contribution in [0, 0.1) is 5.41 Å². The average Bonchev–Trinajstić information content (AvgIpc) is 2.41. The molecule has 1 heterocycles. The summed E-state index contributed by atoms with van der Waals surface area (Å²) in [4.78, 5) is 0. The van der Waals surface area contributed by atoms with Crippen LogP contribution in [0.2, 0.25) is 0 Å². The summed E-state index contributed by atoms with van der Waals surface area (Å²) in [7, 11) is 0. The van der Waals surface area contributed by atoms with Gasteiger partial charge in [-0.05, 0) is 38.0 Å². The molecule has 1 fully saturated rings. The molecule has 1 aliphatic carbocycles. The van der Waals surface area contributed by atoms with Gasteiger partial charge in [0.15, 0.2) is 0 Å². The van der Waals surface area contributed by atoms with Crippen LogP contribution in [-0.2, 0) is 4.74 Å². The second-order valence-corrected chi connectivity index (χ2v) is 5.18. The Morgan fingerprint density at radius 3 is 2.62 bits per heavy atom. The Morgan fingerprint density at radius 1 is 1.31 bits per heavy atom. The van der Waals surface area contributed by atoms with E-state index in [1.165, 1.54) is 25.7 Å². The molecule has 1 saturated heterocycles. The highest BCUT2D eigenvalue weighted by atomic mass is 16.5. The van der Waals surface area contributed by atoms with Crippen LogP contribution >= 0.6 is 0 Å². The first kappa shape index (κ1) is 9.26. The summed E-state index contributed by atoms with van der Waals surface area (Å²) in [5.41, 5.74) is 0.386. The van der Waals surface area contributed by atoms with E-state index in [1.54, 1.807) is 0 Å². The Balaban J connectivity index is 2.28. The summed E-state index contributed by atoms with van der Waals surface area (Å²) in [6, 6.07) is 0. The van der Waals surface area contributed by atoms with Crippen LogP contribution in [-0.4, -0.2) is 11.7 Å². The zero-order valence-corrected chi connectivity index (χ0v) is 8.97. The number of rotatable bonds is 0. The minimum Gasteiger partial charge on any atom is -0.367 e. The fourth-order valence-electron chi connectivity index (χ4n) is 2.67. The number of hydrogen-bond acceptors (Lipinski definition) is 1. The molecule has 0 bridgehead atoms. The summed E-state index contributed by atoms with van der Waals surface area (Å²) in [6.45, 7) is 6.87. The molecule has 1 heteroatoms. The van der Waals surface area contributed by atoms with Gasteiger partial charge in [0.2, 0.25) is 0 Å². The molecule has 1 nitrogen and oxygen atoms in total. The van der Waals surface area contributed by atoms with Gasteiger partial charge in [-0.15, -0.1) is 0 Å². The predicted octanol–water partition coefficient (Wildman–Crippen LogP) is 3.30. The molecular formula is C12H20O. The molecule has 0 aromatic heterocycles. The second-order valence-electron chi connectivity index (χ2n) is 5.18. The molecule has 1 spiro atoms. The van der Waals surface area contributed by atoms with E-state index in [0.29, 0.717) is 11.5 Å². The normalized spacial score (nSPS) is 42.8. The van der Waals surface area contributed by atoms with Gasteiger partial charge in [-0.2, -0.15) is 0 Å². The van der Waals surface area contributed by atoms with E-state index in [2.05, 4.69) is 32.9 Å². The van der Waals surface area contributed by atoms with Crippen molar-refractivity contribution in [3.8, 4) is 0 Å². The summed E-state index contributed by atoms with van der Waals surface area (Å²) < 4.78 is 6.12. The number of allylic oxidation sites excluding steroid dienone is 1. The fourth-order valence-corrected chi connectivity index (χ4v) is 2.67. The quantitative estimate of drug-likeness (QED) is 0.520. The van der Waals surface area contributed by atoms with Crippen molar-refractivity contribution in [2.75, 3.05) is 0 Å². The van der Waals surface area contributed by atoms with Gasteiger partial charge in [0.05, 0.1) is 11.7 Å². The predicted molar refractivity (Wildman–Crippen MR) is 54.7 cm³/mol. The third-order valence-electron chi connectivity index (χ3n) is 3.80. The molecule has 74 valence electrons. The lowest BCUT2D eigenvalue weighted by atomic mass is 9.67. The zero-order valence-electron chi connectivity index (χ0n) is 8.97. The Kier molecular flexibility index (Phi) is 2.03. The highest BCUT2D eigenvalue weighted by Gasteiger charge is 2.49. The van der Waals surface area contributed by atoms with Crippen LogP contribution in [0.15, 0.2) is 12.2 Å². The van der Waals surface area contributed by atoms with E-state index < -0.39 is 0 Å². The van der Waals surface area contributed by atoms with Crippen molar-refractivity contribution in [2.45, 2.75) is 58.2 Å². The average molecular weight is 180 g/mol. The Hall–Kier alpha value is -0.300. The lowest BCUT2D eigenvalue weighted by Crippen LogP contribution is -2.44. The van der Waals surface area contributed by atoms with Crippen LogP contribution in [0.5, 0.6) is 0 Å². The first-order valence-corrected chi connectivity index (χ1v) is 5.41. The maximum absolute atomic E-state index is 6.12. The largest absolute Gasteiger partial charge is 0.367 e. The van der Waals surface area contributed by atoms with E-state index >= 15 is 0 Å². The Morgan fingerprint density at radius 2 is 2.08 bits per heavy atom. The fraction of sp³-hybridized carbons (Fsp3) is 0.833. The first-order valence-electron chi connectivity index (χ1n) is 5.41. The van der Waals surface area contributed by atoms with E-state index in [1.807, 2.05) is 0 Å². The van der Waals surface area contributed by atoms with Crippen molar-refractivity contribution in [3.05, 3.63) is 12.2 Å². The molecule has 2 rings (SSSR count). The van der Waals surface area contributed by atoms with Crippen molar-refractivity contribution in [2.24, 2.45) is 5.41 Å². The summed E-state index contributed by atoms with van der Waals surface area (Å²) in [5.74, 6) is 0. The van der Waals surface area contributed by atoms with Crippen molar-refractivity contribution < 1.29 is 4.74 Å². The molecule has 0 aromatic carbocycles. The van der Waals surface area contributed by atoms with Crippen molar-refractivity contribution in [1.82, 2.24) is 0 Å². The summed E-state index contributed by atoms with van der Waals surface area (Å²) in [6.07, 6.45) is 9.96. The zero-order chi connectivity index (χ0) is 9.53. The van der Waals surface area contributed by atoms with Gasteiger partial charge in [-0.25, -0.2) is 0 Å². The second kappa shape index (κ2) is 2.84. The topological polar surface area (TPSA) is 9.23 Å².